The Hall–Kier alpha value is -2.24. The quantitative estimate of drug-likeness (QED) is 0.580. The van der Waals surface area contributed by atoms with E-state index in [9.17, 15) is 14.7 Å². The lowest BCUT2D eigenvalue weighted by molar-refractivity contribution is 0.0693. The molecule has 4 N–H and O–H groups in total. The summed E-state index contributed by atoms with van der Waals surface area (Å²) in [5.41, 5.74) is 0.0513. The van der Waals surface area contributed by atoms with Crippen LogP contribution in [-0.4, -0.2) is 28.8 Å². The second-order valence-corrected chi connectivity index (χ2v) is 3.02. The summed E-state index contributed by atoms with van der Waals surface area (Å²) < 4.78 is 0. The van der Waals surface area contributed by atoms with Gasteiger partial charge in [0.2, 0.25) is 0 Å². The summed E-state index contributed by atoms with van der Waals surface area (Å²) in [7, 11) is 0. The molecular formula is C10H12N2O4. The number of hydrogen-bond acceptors (Lipinski definition) is 3. The van der Waals surface area contributed by atoms with Crippen LogP contribution in [0.15, 0.2) is 18.2 Å². The number of carbonyl (C=O) groups excluding carboxylic acids is 1. The van der Waals surface area contributed by atoms with Crippen LogP contribution >= 0.6 is 0 Å². The molecule has 6 nitrogen and oxygen atoms in total. The lowest BCUT2D eigenvalue weighted by atomic mass is 10.2. The third-order valence-corrected chi connectivity index (χ3v) is 1.82. The first-order valence-corrected chi connectivity index (χ1v) is 4.65. The number of hydrogen-bond donors (Lipinski definition) is 4. The predicted octanol–water partition coefficient (Wildman–Crippen LogP) is 1.23. The first-order chi connectivity index (χ1) is 7.54. The molecule has 6 heteroatoms. The summed E-state index contributed by atoms with van der Waals surface area (Å²) in [6.07, 6.45) is 0. The minimum atomic E-state index is -1.25. The third-order valence-electron chi connectivity index (χ3n) is 1.82. The normalized spacial score (nSPS) is 9.56. The highest BCUT2D eigenvalue weighted by molar-refractivity contribution is 5.95. The maximum absolute atomic E-state index is 11.1. The van der Waals surface area contributed by atoms with E-state index in [1.807, 2.05) is 0 Å². The van der Waals surface area contributed by atoms with E-state index in [1.165, 1.54) is 18.2 Å². The van der Waals surface area contributed by atoms with E-state index in [-0.39, 0.29) is 11.3 Å². The van der Waals surface area contributed by atoms with Gasteiger partial charge in [0.15, 0.2) is 0 Å². The molecule has 1 aromatic rings. The van der Waals surface area contributed by atoms with Crippen molar-refractivity contribution in [1.82, 2.24) is 5.32 Å². The number of amides is 2. The molecule has 0 aliphatic heterocycles. The second-order valence-electron chi connectivity index (χ2n) is 3.02. The summed E-state index contributed by atoms with van der Waals surface area (Å²) in [4.78, 5) is 21.8. The molecule has 0 spiro atoms. The van der Waals surface area contributed by atoms with Crippen LogP contribution in [0.4, 0.5) is 10.5 Å². The summed E-state index contributed by atoms with van der Waals surface area (Å²) >= 11 is 0. The molecule has 0 aliphatic carbocycles. The standard InChI is InChI=1S/C10H12N2O4/c1-2-11-10(16)12-6-3-4-8(13)7(5-6)9(14)15/h3-5,13H,2H2,1H3,(H,14,15)(H2,11,12,16). The van der Waals surface area contributed by atoms with Crippen LogP contribution in [0.2, 0.25) is 0 Å². The van der Waals surface area contributed by atoms with Crippen LogP contribution in [-0.2, 0) is 0 Å². The Labute approximate surface area is 91.9 Å². The Bertz CT molecular complexity index is 417. The number of aromatic carboxylic acids is 1. The molecule has 0 heterocycles. The fourth-order valence-corrected chi connectivity index (χ4v) is 1.12. The van der Waals surface area contributed by atoms with Crippen molar-refractivity contribution in [2.24, 2.45) is 0 Å². The largest absolute Gasteiger partial charge is 0.507 e. The van der Waals surface area contributed by atoms with Gasteiger partial charge in [-0.05, 0) is 25.1 Å². The van der Waals surface area contributed by atoms with Crippen molar-refractivity contribution < 1.29 is 19.8 Å². The second kappa shape index (κ2) is 5.01. The average molecular weight is 224 g/mol. The maximum atomic E-state index is 11.1. The Morgan fingerprint density at radius 2 is 2.06 bits per heavy atom. The lowest BCUT2D eigenvalue weighted by Crippen LogP contribution is -2.28. The topological polar surface area (TPSA) is 98.7 Å². The van der Waals surface area contributed by atoms with E-state index in [4.69, 9.17) is 5.11 Å². The highest BCUT2D eigenvalue weighted by atomic mass is 16.4. The zero-order valence-electron chi connectivity index (χ0n) is 8.65. The Morgan fingerprint density at radius 1 is 1.38 bits per heavy atom. The molecule has 2 amide bonds. The zero-order chi connectivity index (χ0) is 12.1. The molecule has 1 rings (SSSR count). The van der Waals surface area contributed by atoms with E-state index < -0.39 is 12.0 Å². The number of urea groups is 1. The maximum Gasteiger partial charge on any atom is 0.339 e. The summed E-state index contributed by atoms with van der Waals surface area (Å²) in [6, 6.07) is 3.39. The number of aromatic hydroxyl groups is 1. The molecule has 0 unspecified atom stereocenters. The highest BCUT2D eigenvalue weighted by Crippen LogP contribution is 2.21. The molecule has 0 bridgehead atoms. The fraction of sp³-hybridized carbons (Fsp3) is 0.200. The number of phenols is 1. The first kappa shape index (κ1) is 11.8. The molecule has 0 radical (unpaired) electrons. The van der Waals surface area contributed by atoms with Crippen molar-refractivity contribution in [3.05, 3.63) is 23.8 Å². The van der Waals surface area contributed by atoms with Gasteiger partial charge in [0, 0.05) is 12.2 Å². The van der Waals surface area contributed by atoms with E-state index in [0.29, 0.717) is 12.2 Å². The molecule has 0 saturated carbocycles. The van der Waals surface area contributed by atoms with Gasteiger partial charge in [-0.25, -0.2) is 9.59 Å². The predicted molar refractivity (Wildman–Crippen MR) is 57.8 cm³/mol. The molecule has 0 aliphatic rings. The molecule has 0 saturated heterocycles. The van der Waals surface area contributed by atoms with Crippen molar-refractivity contribution in [1.29, 1.82) is 0 Å². The molecule has 0 atom stereocenters. The van der Waals surface area contributed by atoms with Gasteiger partial charge in [-0.3, -0.25) is 0 Å². The third kappa shape index (κ3) is 2.88. The van der Waals surface area contributed by atoms with Crippen molar-refractivity contribution in [3.63, 3.8) is 0 Å². The fourth-order valence-electron chi connectivity index (χ4n) is 1.12. The number of benzene rings is 1. The van der Waals surface area contributed by atoms with Gasteiger partial charge in [-0.2, -0.15) is 0 Å². The summed E-state index contributed by atoms with van der Waals surface area (Å²) in [5, 5.41) is 22.9. The minimum Gasteiger partial charge on any atom is -0.507 e. The number of carboxylic acids is 1. The molecule has 0 fully saturated rings. The van der Waals surface area contributed by atoms with Gasteiger partial charge in [-0.15, -0.1) is 0 Å². The van der Waals surface area contributed by atoms with E-state index >= 15 is 0 Å². The minimum absolute atomic E-state index is 0.255. The van der Waals surface area contributed by atoms with Crippen LogP contribution in [0.3, 0.4) is 0 Å². The first-order valence-electron chi connectivity index (χ1n) is 4.65. The molecule has 1 aromatic carbocycles. The van der Waals surface area contributed by atoms with E-state index in [2.05, 4.69) is 10.6 Å². The Balaban J connectivity index is 2.87. The number of carboxylic acid groups (broad SMARTS) is 1. The summed E-state index contributed by atoms with van der Waals surface area (Å²) in [6.45, 7) is 2.23. The van der Waals surface area contributed by atoms with Gasteiger partial charge in [0.05, 0.1) is 0 Å². The molecule has 0 aromatic heterocycles. The van der Waals surface area contributed by atoms with Crippen molar-refractivity contribution >= 4 is 17.7 Å². The number of rotatable bonds is 3. The average Bonchev–Trinajstić information content (AvgIpc) is 2.21. The van der Waals surface area contributed by atoms with Crippen LogP contribution in [0, 0.1) is 0 Å². The monoisotopic (exact) mass is 224 g/mol. The van der Waals surface area contributed by atoms with Gasteiger partial charge < -0.3 is 20.8 Å². The molecule has 86 valence electrons. The number of nitrogens with one attached hydrogen (secondary N) is 2. The van der Waals surface area contributed by atoms with Crippen LogP contribution in [0.1, 0.15) is 17.3 Å². The van der Waals surface area contributed by atoms with Crippen LogP contribution < -0.4 is 10.6 Å². The van der Waals surface area contributed by atoms with Gasteiger partial charge in [-0.1, -0.05) is 0 Å². The van der Waals surface area contributed by atoms with Crippen molar-refractivity contribution in [2.45, 2.75) is 6.92 Å². The van der Waals surface area contributed by atoms with E-state index in [1.54, 1.807) is 6.92 Å². The van der Waals surface area contributed by atoms with Crippen molar-refractivity contribution in [2.75, 3.05) is 11.9 Å². The smallest absolute Gasteiger partial charge is 0.339 e. The van der Waals surface area contributed by atoms with Gasteiger partial charge in [0.1, 0.15) is 11.3 Å². The highest BCUT2D eigenvalue weighted by Gasteiger charge is 2.10. The number of anilines is 1. The lowest BCUT2D eigenvalue weighted by Gasteiger charge is -2.07. The zero-order valence-corrected chi connectivity index (χ0v) is 8.65. The SMILES string of the molecule is CCNC(=O)Nc1ccc(O)c(C(=O)O)c1. The number of carbonyl (C=O) groups is 2. The summed E-state index contributed by atoms with van der Waals surface area (Å²) in [5.74, 6) is -1.59. The van der Waals surface area contributed by atoms with Crippen LogP contribution in [0.25, 0.3) is 0 Å². The Morgan fingerprint density at radius 3 is 2.62 bits per heavy atom. The molecular weight excluding hydrogens is 212 g/mol. The van der Waals surface area contributed by atoms with E-state index in [0.717, 1.165) is 0 Å². The van der Waals surface area contributed by atoms with Crippen LogP contribution in [0.5, 0.6) is 5.75 Å². The van der Waals surface area contributed by atoms with Gasteiger partial charge >= 0.3 is 12.0 Å². The van der Waals surface area contributed by atoms with Crippen molar-refractivity contribution in [3.8, 4) is 5.75 Å². The molecule has 16 heavy (non-hydrogen) atoms. The Kier molecular flexibility index (Phi) is 3.71. The van der Waals surface area contributed by atoms with Gasteiger partial charge in [0.25, 0.3) is 0 Å².